The Morgan fingerprint density at radius 3 is 1.37 bits per heavy atom. The summed E-state index contributed by atoms with van der Waals surface area (Å²) in [5, 5.41) is 5.53. The zero-order valence-electron chi connectivity index (χ0n) is 35.1. The van der Waals surface area contributed by atoms with Gasteiger partial charge in [0, 0.05) is 13.1 Å². The zero-order chi connectivity index (χ0) is 42.1. The van der Waals surface area contributed by atoms with Crippen LogP contribution in [0.5, 0.6) is 0 Å². The van der Waals surface area contributed by atoms with E-state index in [1.165, 1.54) is 14.2 Å². The molecule has 4 aliphatic rings. The van der Waals surface area contributed by atoms with Crippen molar-refractivity contribution in [2.24, 2.45) is 23.7 Å². The summed E-state index contributed by atoms with van der Waals surface area (Å²) < 4.78 is 9.68. The lowest BCUT2D eigenvalue weighted by atomic mass is 9.93. The maximum Gasteiger partial charge on any atom is 0.407 e. The topological polar surface area (TPSA) is 175 Å². The predicted octanol–water partition coefficient (Wildman–Crippen LogP) is 7.21. The van der Waals surface area contributed by atoms with Crippen molar-refractivity contribution in [1.82, 2.24) is 40.4 Å². The second-order valence-corrected chi connectivity index (χ2v) is 18.1. The van der Waals surface area contributed by atoms with E-state index in [1.807, 2.05) is 49.6 Å². The highest BCUT2D eigenvalue weighted by Gasteiger charge is 2.58. The van der Waals surface area contributed by atoms with E-state index < -0.39 is 35.3 Å². The van der Waals surface area contributed by atoms with E-state index in [1.54, 1.807) is 0 Å². The van der Waals surface area contributed by atoms with E-state index in [4.69, 9.17) is 19.4 Å². The first-order chi connectivity index (χ1) is 28.8. The molecule has 4 bridgehead atoms. The maximum absolute atomic E-state index is 14.0. The van der Waals surface area contributed by atoms with Crippen LogP contribution < -0.4 is 10.6 Å². The third-order valence-corrected chi connectivity index (χ3v) is 13.8. The number of nitrogens with zero attached hydrogens (tertiary/aromatic N) is 4. The van der Waals surface area contributed by atoms with E-state index in [0.717, 1.165) is 94.5 Å². The summed E-state index contributed by atoms with van der Waals surface area (Å²) in [6.07, 6.45) is 4.16. The van der Waals surface area contributed by atoms with Gasteiger partial charge in [-0.3, -0.25) is 9.59 Å². The van der Waals surface area contributed by atoms with Gasteiger partial charge in [0.1, 0.15) is 34.8 Å². The van der Waals surface area contributed by atoms with Crippen molar-refractivity contribution in [3.63, 3.8) is 0 Å². The largest absolute Gasteiger partial charge is 0.453 e. The molecule has 4 fully saturated rings. The fourth-order valence-corrected chi connectivity index (χ4v) is 10.6. The van der Waals surface area contributed by atoms with Gasteiger partial charge in [-0.25, -0.2) is 19.6 Å². The summed E-state index contributed by atoms with van der Waals surface area (Å²) in [6, 6.07) is 19.6. The van der Waals surface area contributed by atoms with Gasteiger partial charge in [-0.1, -0.05) is 64.1 Å². The number of aromatic amines is 2. The average Bonchev–Trinajstić information content (AvgIpc) is 4.12. The highest BCUT2D eigenvalue weighted by molar-refractivity contribution is 5.89. The quantitative estimate of drug-likeness (QED) is 0.114. The van der Waals surface area contributed by atoms with Crippen LogP contribution in [0.15, 0.2) is 60.7 Å². The van der Waals surface area contributed by atoms with Gasteiger partial charge in [0.15, 0.2) is 0 Å². The minimum atomic E-state index is -0.691. The highest BCUT2D eigenvalue weighted by atomic mass is 16.5. The molecule has 14 nitrogen and oxygen atoms in total. The van der Waals surface area contributed by atoms with Crippen LogP contribution in [0.25, 0.3) is 44.3 Å². The van der Waals surface area contributed by atoms with Crippen LogP contribution in [0.3, 0.4) is 0 Å². The number of alkyl carbamates (subject to hydrolysis) is 2. The summed E-state index contributed by atoms with van der Waals surface area (Å²) in [5.74, 6) is 1.96. The highest BCUT2D eigenvalue weighted by Crippen LogP contribution is 2.54. The number of fused-ring (bicyclic) bond motifs is 6. The van der Waals surface area contributed by atoms with E-state index in [0.29, 0.717) is 24.9 Å². The lowest BCUT2D eigenvalue weighted by molar-refractivity contribution is -0.141. The molecule has 2 aromatic heterocycles. The molecular formula is C46H54N8O6. The third-order valence-electron chi connectivity index (χ3n) is 13.8. The van der Waals surface area contributed by atoms with Gasteiger partial charge in [-0.2, -0.15) is 0 Å². The number of hydrogen-bond donors (Lipinski definition) is 4. The summed E-state index contributed by atoms with van der Waals surface area (Å²) in [5.41, 5.74) is 6.65. The molecule has 9 rings (SSSR count). The van der Waals surface area contributed by atoms with Gasteiger partial charge < -0.3 is 39.9 Å². The first kappa shape index (κ1) is 39.5. The van der Waals surface area contributed by atoms with Crippen molar-refractivity contribution >= 4 is 46.1 Å². The monoisotopic (exact) mass is 814 g/mol. The second-order valence-electron chi connectivity index (χ2n) is 18.1. The Hall–Kier alpha value is -5.92. The Morgan fingerprint density at radius 2 is 1.02 bits per heavy atom. The number of H-pyrrole nitrogens is 2. The predicted molar refractivity (Wildman–Crippen MR) is 226 cm³/mol. The number of amides is 4. The molecule has 2 aliphatic heterocycles. The Kier molecular flexibility index (Phi) is 9.86. The van der Waals surface area contributed by atoms with Crippen LogP contribution in [0.4, 0.5) is 9.59 Å². The number of nitrogens with one attached hydrogen (secondary N) is 4. The smallest absolute Gasteiger partial charge is 0.407 e. The van der Waals surface area contributed by atoms with Crippen LogP contribution in [-0.2, 0) is 30.1 Å². The van der Waals surface area contributed by atoms with Gasteiger partial charge in [-0.15, -0.1) is 0 Å². The zero-order valence-corrected chi connectivity index (χ0v) is 35.1. The van der Waals surface area contributed by atoms with Crippen molar-refractivity contribution in [2.45, 2.75) is 89.4 Å². The second kappa shape index (κ2) is 15.0. The molecule has 4 N–H and O–H groups in total. The average molecular weight is 815 g/mol. The van der Waals surface area contributed by atoms with E-state index in [2.05, 4.69) is 69.1 Å². The SMILES string of the molecule is COC(=O)N[C@H](C(=O)N1CC2CCC1(c1nc3ccc(-c4ccc(-c5ccc6nc(C78CCC(CN7C(=O)[C@@H](NC(=O)OC)C(C)C)C8)[nH]c6c5)cc4)cc3[nH]1)C2)C(C)C. The number of methoxy groups -OCH3 is 2. The molecule has 6 atom stereocenters. The van der Waals surface area contributed by atoms with Crippen LogP contribution in [-0.4, -0.2) is 93.1 Å². The Balaban J connectivity index is 0.946. The molecule has 2 saturated carbocycles. The Labute approximate surface area is 349 Å². The standard InChI is InChI=1S/C46H54N8O6/c1-25(2)37(51-43(57)59-5)39(55)53-23-27-15-17-45(53,21-27)41-47-33-13-11-31(19-35(33)49-41)29-7-9-30(10-8-29)32-12-14-34-36(20-32)50-42(48-34)46-18-16-28(22-46)24-54(46)40(56)38(26(3)4)52-44(58)60-6/h7-14,19-20,25-28,37-38H,15-18,21-24H2,1-6H3,(H,47,49)(H,48,50)(H,51,57)(H,52,58)/t27?,28?,37-,38-,45?,46?/m0/s1. The van der Waals surface area contributed by atoms with Crippen LogP contribution in [0.2, 0.25) is 0 Å². The van der Waals surface area contributed by atoms with Gasteiger partial charge in [0.05, 0.1) is 36.3 Å². The summed E-state index contributed by atoms with van der Waals surface area (Å²) in [4.78, 5) is 73.6. The van der Waals surface area contributed by atoms with Crippen molar-refractivity contribution in [3.8, 4) is 22.3 Å². The van der Waals surface area contributed by atoms with Crippen LogP contribution >= 0.6 is 0 Å². The van der Waals surface area contributed by atoms with Crippen molar-refractivity contribution in [2.75, 3.05) is 27.3 Å². The lowest BCUT2D eigenvalue weighted by Gasteiger charge is -2.40. The number of ether oxygens (including phenoxy) is 2. The summed E-state index contributed by atoms with van der Waals surface area (Å²) in [6.45, 7) is 9.01. The normalized spacial score (nSPS) is 24.1. The van der Waals surface area contributed by atoms with Crippen molar-refractivity contribution in [3.05, 3.63) is 72.3 Å². The van der Waals surface area contributed by atoms with Gasteiger partial charge in [-0.05, 0) is 109 Å². The molecule has 4 amide bonds. The molecule has 2 saturated heterocycles. The van der Waals surface area contributed by atoms with Crippen molar-refractivity contribution < 1.29 is 28.7 Å². The van der Waals surface area contributed by atoms with Gasteiger partial charge >= 0.3 is 12.2 Å². The number of aromatic nitrogens is 4. The number of carbonyl (C=O) groups excluding carboxylic acids is 4. The molecule has 2 aliphatic carbocycles. The molecule has 4 heterocycles. The van der Waals surface area contributed by atoms with E-state index in [-0.39, 0.29) is 23.7 Å². The minimum absolute atomic E-state index is 0.101. The molecule has 14 heteroatoms. The summed E-state index contributed by atoms with van der Waals surface area (Å²) >= 11 is 0. The van der Waals surface area contributed by atoms with Crippen LogP contribution in [0, 0.1) is 23.7 Å². The number of piperidine rings is 2. The molecule has 60 heavy (non-hydrogen) atoms. The third kappa shape index (κ3) is 6.55. The minimum Gasteiger partial charge on any atom is -0.453 e. The lowest BCUT2D eigenvalue weighted by Crippen LogP contribution is -2.56. The number of imidazole rings is 2. The molecular weight excluding hydrogens is 761 g/mol. The first-order valence-corrected chi connectivity index (χ1v) is 21.3. The van der Waals surface area contributed by atoms with Gasteiger partial charge in [0.25, 0.3) is 0 Å². The molecule has 0 spiro atoms. The van der Waals surface area contributed by atoms with Gasteiger partial charge in [0.2, 0.25) is 11.8 Å². The summed E-state index contributed by atoms with van der Waals surface area (Å²) in [7, 11) is 2.62. The number of rotatable bonds is 10. The van der Waals surface area contributed by atoms with Crippen LogP contribution in [0.1, 0.15) is 77.9 Å². The number of hydrogen-bond acceptors (Lipinski definition) is 8. The first-order valence-electron chi connectivity index (χ1n) is 21.3. The molecule has 3 aromatic carbocycles. The molecule has 314 valence electrons. The number of likely N-dealkylation sites (tertiary alicyclic amines) is 2. The Bertz CT molecular complexity index is 2320. The fourth-order valence-electron chi connectivity index (χ4n) is 10.6. The van der Waals surface area contributed by atoms with E-state index >= 15 is 0 Å². The molecule has 0 radical (unpaired) electrons. The number of carbonyl (C=O) groups is 4. The molecule has 4 unspecified atom stereocenters. The fraction of sp³-hybridized carbons (Fsp3) is 0.478. The maximum atomic E-state index is 14.0. The van der Waals surface area contributed by atoms with E-state index in [9.17, 15) is 19.2 Å². The molecule has 5 aromatic rings. The number of benzene rings is 3. The van der Waals surface area contributed by atoms with Crippen molar-refractivity contribution in [1.29, 1.82) is 0 Å². The Morgan fingerprint density at radius 1 is 0.633 bits per heavy atom.